The second-order valence-corrected chi connectivity index (χ2v) is 10.3. The van der Waals surface area contributed by atoms with Gasteiger partial charge in [0.2, 0.25) is 10.0 Å². The van der Waals surface area contributed by atoms with E-state index in [4.69, 9.17) is 4.74 Å². The minimum atomic E-state index is -3.57. The number of sulfonamides is 1. The molecule has 3 aromatic rings. The fourth-order valence-electron chi connectivity index (χ4n) is 2.55. The molecule has 8 heteroatoms. The summed E-state index contributed by atoms with van der Waals surface area (Å²) in [5.74, 6) is 1.24. The Labute approximate surface area is 168 Å². The van der Waals surface area contributed by atoms with Gasteiger partial charge in [0.15, 0.2) is 0 Å². The van der Waals surface area contributed by atoms with E-state index in [1.165, 1.54) is 11.3 Å². The van der Waals surface area contributed by atoms with Crippen LogP contribution in [0.1, 0.15) is 25.1 Å². The van der Waals surface area contributed by atoms with Gasteiger partial charge in [-0.2, -0.15) is 0 Å². The molecule has 0 amide bonds. The molecule has 2 aromatic heterocycles. The molecule has 1 N–H and O–H groups in total. The maximum absolute atomic E-state index is 12.6. The van der Waals surface area contributed by atoms with Crippen LogP contribution in [0, 0.1) is 5.92 Å². The van der Waals surface area contributed by atoms with E-state index in [9.17, 15) is 8.42 Å². The van der Waals surface area contributed by atoms with Crippen LogP contribution in [0.25, 0.3) is 10.6 Å². The summed E-state index contributed by atoms with van der Waals surface area (Å²) in [7, 11) is -1.99. The summed E-state index contributed by atoms with van der Waals surface area (Å²) in [6.45, 7) is 4.52. The third-order valence-electron chi connectivity index (χ3n) is 3.86. The first kappa shape index (κ1) is 20.0. The molecule has 0 aliphatic carbocycles. The van der Waals surface area contributed by atoms with E-state index in [-0.39, 0.29) is 6.54 Å². The van der Waals surface area contributed by atoms with Gasteiger partial charge >= 0.3 is 0 Å². The molecule has 2 heterocycles. The molecule has 5 nitrogen and oxygen atoms in total. The third-order valence-corrected chi connectivity index (χ3v) is 7.64. The molecule has 0 fully saturated rings. The first-order valence-corrected chi connectivity index (χ1v) is 11.8. The minimum Gasteiger partial charge on any atom is -0.497 e. The third kappa shape index (κ3) is 5.16. The van der Waals surface area contributed by atoms with Gasteiger partial charge in [0.25, 0.3) is 0 Å². The van der Waals surface area contributed by atoms with E-state index in [0.29, 0.717) is 15.9 Å². The molecule has 0 saturated heterocycles. The van der Waals surface area contributed by atoms with Crippen LogP contribution in [-0.4, -0.2) is 20.5 Å². The number of rotatable bonds is 8. The van der Waals surface area contributed by atoms with Gasteiger partial charge in [0, 0.05) is 22.9 Å². The average molecular weight is 423 g/mol. The number of hydrogen-bond acceptors (Lipinski definition) is 6. The molecule has 3 rings (SSSR count). The average Bonchev–Trinajstić information content (AvgIpc) is 3.29. The standard InChI is InChI=1S/C19H22N2O3S3/c1-13(2)7-16-12-26-19(21-16)15-9-18(25-11-15)27(22,23)20-10-14-5-4-6-17(8-14)24-3/h4-6,8-9,11-13,20H,7,10H2,1-3H3. The number of nitrogens with one attached hydrogen (secondary N) is 1. The highest BCUT2D eigenvalue weighted by Crippen LogP contribution is 2.31. The number of thiophene rings is 1. The van der Waals surface area contributed by atoms with Gasteiger partial charge in [0.05, 0.1) is 12.8 Å². The van der Waals surface area contributed by atoms with Crippen molar-refractivity contribution in [3.05, 3.63) is 52.3 Å². The van der Waals surface area contributed by atoms with Crippen LogP contribution >= 0.6 is 22.7 Å². The zero-order valence-electron chi connectivity index (χ0n) is 15.4. The van der Waals surface area contributed by atoms with Crippen LogP contribution in [0.15, 0.2) is 45.3 Å². The summed E-state index contributed by atoms with van der Waals surface area (Å²) < 4.78 is 33.3. The lowest BCUT2D eigenvalue weighted by molar-refractivity contribution is 0.414. The highest BCUT2D eigenvalue weighted by molar-refractivity contribution is 7.91. The highest BCUT2D eigenvalue weighted by Gasteiger charge is 2.18. The van der Waals surface area contributed by atoms with Gasteiger partial charge in [-0.05, 0) is 36.1 Å². The summed E-state index contributed by atoms with van der Waals surface area (Å²) in [5, 5.41) is 4.75. The fraction of sp³-hybridized carbons (Fsp3) is 0.316. The van der Waals surface area contributed by atoms with Gasteiger partial charge in [0.1, 0.15) is 15.0 Å². The van der Waals surface area contributed by atoms with Crippen LogP contribution < -0.4 is 9.46 Å². The van der Waals surface area contributed by atoms with E-state index in [2.05, 4.69) is 23.6 Å². The highest BCUT2D eigenvalue weighted by atomic mass is 32.2. The number of thiazole rings is 1. The molecular weight excluding hydrogens is 400 g/mol. The summed E-state index contributed by atoms with van der Waals surface area (Å²) in [6, 6.07) is 9.02. The number of methoxy groups -OCH3 is 1. The Kier molecular flexibility index (Phi) is 6.31. The van der Waals surface area contributed by atoms with Crippen LogP contribution in [0.2, 0.25) is 0 Å². The lowest BCUT2D eigenvalue weighted by atomic mass is 10.1. The van der Waals surface area contributed by atoms with Gasteiger partial charge in [-0.1, -0.05) is 26.0 Å². The Bertz CT molecular complexity index is 1010. The number of benzene rings is 1. The van der Waals surface area contributed by atoms with Crippen molar-refractivity contribution in [2.45, 2.75) is 31.0 Å². The summed E-state index contributed by atoms with van der Waals surface area (Å²) in [5.41, 5.74) is 2.74. The van der Waals surface area contributed by atoms with Crippen LogP contribution in [0.3, 0.4) is 0 Å². The maximum Gasteiger partial charge on any atom is 0.250 e. The van der Waals surface area contributed by atoms with Crippen molar-refractivity contribution in [2.24, 2.45) is 5.92 Å². The molecule has 0 atom stereocenters. The first-order chi connectivity index (χ1) is 12.9. The predicted molar refractivity (Wildman–Crippen MR) is 111 cm³/mol. The number of ether oxygens (including phenoxy) is 1. The summed E-state index contributed by atoms with van der Waals surface area (Å²) in [4.78, 5) is 4.62. The molecule has 0 unspecified atom stereocenters. The molecule has 27 heavy (non-hydrogen) atoms. The van der Waals surface area contributed by atoms with Crippen LogP contribution in [0.5, 0.6) is 5.75 Å². The maximum atomic E-state index is 12.6. The molecule has 144 valence electrons. The van der Waals surface area contributed by atoms with E-state index in [0.717, 1.165) is 28.2 Å². The van der Waals surface area contributed by atoms with Crippen molar-refractivity contribution in [3.8, 4) is 16.3 Å². The zero-order valence-corrected chi connectivity index (χ0v) is 17.9. The topological polar surface area (TPSA) is 68.3 Å². The summed E-state index contributed by atoms with van der Waals surface area (Å²) in [6.07, 6.45) is 0.924. The Morgan fingerprint density at radius 1 is 1.19 bits per heavy atom. The minimum absolute atomic E-state index is 0.211. The van der Waals surface area contributed by atoms with E-state index in [1.54, 1.807) is 24.5 Å². The molecular formula is C19H22N2O3S3. The fourth-order valence-corrected chi connectivity index (χ4v) is 5.67. The van der Waals surface area contributed by atoms with Crippen molar-refractivity contribution in [1.82, 2.24) is 9.71 Å². The number of nitrogens with zero attached hydrogens (tertiary/aromatic N) is 1. The molecule has 0 aliphatic rings. The molecule has 0 radical (unpaired) electrons. The Balaban J connectivity index is 1.71. The molecule has 0 bridgehead atoms. The van der Waals surface area contributed by atoms with E-state index in [1.807, 2.05) is 35.0 Å². The van der Waals surface area contributed by atoms with Gasteiger partial charge in [-0.15, -0.1) is 22.7 Å². The lowest BCUT2D eigenvalue weighted by Crippen LogP contribution is -2.22. The smallest absolute Gasteiger partial charge is 0.250 e. The molecule has 0 spiro atoms. The predicted octanol–water partition coefficient (Wildman–Crippen LogP) is 4.56. The van der Waals surface area contributed by atoms with Crippen molar-refractivity contribution >= 4 is 32.7 Å². The second kappa shape index (κ2) is 8.52. The Morgan fingerprint density at radius 3 is 2.74 bits per heavy atom. The Morgan fingerprint density at radius 2 is 2.00 bits per heavy atom. The van der Waals surface area contributed by atoms with E-state index < -0.39 is 10.0 Å². The molecule has 1 aromatic carbocycles. The SMILES string of the molecule is COc1cccc(CNS(=O)(=O)c2cc(-c3nc(CC(C)C)cs3)cs2)c1. The van der Waals surface area contributed by atoms with Crippen molar-refractivity contribution in [3.63, 3.8) is 0 Å². The molecule has 0 aliphatic heterocycles. The van der Waals surface area contributed by atoms with Gasteiger partial charge in [-0.25, -0.2) is 18.1 Å². The largest absolute Gasteiger partial charge is 0.497 e. The van der Waals surface area contributed by atoms with Crippen molar-refractivity contribution < 1.29 is 13.2 Å². The monoisotopic (exact) mass is 422 g/mol. The van der Waals surface area contributed by atoms with Crippen molar-refractivity contribution in [1.29, 1.82) is 0 Å². The second-order valence-electron chi connectivity index (χ2n) is 6.57. The summed E-state index contributed by atoms with van der Waals surface area (Å²) >= 11 is 2.76. The van der Waals surface area contributed by atoms with Crippen molar-refractivity contribution in [2.75, 3.05) is 7.11 Å². The van der Waals surface area contributed by atoms with E-state index >= 15 is 0 Å². The normalized spacial score (nSPS) is 11.9. The number of aromatic nitrogens is 1. The number of hydrogen-bond donors (Lipinski definition) is 1. The Hall–Kier alpha value is -1.74. The first-order valence-electron chi connectivity index (χ1n) is 8.53. The van der Waals surface area contributed by atoms with Crippen LogP contribution in [0.4, 0.5) is 0 Å². The molecule has 0 saturated carbocycles. The zero-order chi connectivity index (χ0) is 19.4. The quantitative estimate of drug-likeness (QED) is 0.578. The van der Waals surface area contributed by atoms with Gasteiger partial charge < -0.3 is 4.74 Å². The lowest BCUT2D eigenvalue weighted by Gasteiger charge is -2.06. The van der Waals surface area contributed by atoms with Gasteiger partial charge in [-0.3, -0.25) is 0 Å². The van der Waals surface area contributed by atoms with Crippen LogP contribution in [-0.2, 0) is 23.0 Å².